The molecule has 0 aliphatic rings. The molecule has 0 radical (unpaired) electrons. The summed E-state index contributed by atoms with van der Waals surface area (Å²) in [6.45, 7) is 0.859. The van der Waals surface area contributed by atoms with Gasteiger partial charge in [0.15, 0.2) is 0 Å². The summed E-state index contributed by atoms with van der Waals surface area (Å²) < 4.78 is 37.9. The number of anilines is 1. The van der Waals surface area contributed by atoms with Gasteiger partial charge in [0.2, 0.25) is 10.0 Å². The van der Waals surface area contributed by atoms with Gasteiger partial charge in [-0.2, -0.15) is 0 Å². The number of ether oxygens (including phenoxy) is 2. The van der Waals surface area contributed by atoms with Gasteiger partial charge in [0.1, 0.15) is 12.4 Å². The van der Waals surface area contributed by atoms with Crippen molar-refractivity contribution in [1.29, 1.82) is 0 Å². The highest BCUT2D eigenvalue weighted by Gasteiger charge is 2.08. The minimum Gasteiger partial charge on any atom is -0.491 e. The maximum atomic E-state index is 11.4. The van der Waals surface area contributed by atoms with Crippen LogP contribution in [0.3, 0.4) is 0 Å². The van der Waals surface area contributed by atoms with E-state index < -0.39 is 10.0 Å². The number of nitrogens with zero attached hydrogens (tertiary/aromatic N) is 1. The third-order valence-electron chi connectivity index (χ3n) is 2.93. The highest BCUT2D eigenvalue weighted by Crippen LogP contribution is 2.29. The Bertz CT molecular complexity index is 738. The van der Waals surface area contributed by atoms with E-state index in [-0.39, 0.29) is 0 Å². The van der Waals surface area contributed by atoms with Crippen molar-refractivity contribution >= 4 is 15.7 Å². The van der Waals surface area contributed by atoms with E-state index >= 15 is 0 Å². The monoisotopic (exact) mass is 324 g/mol. The van der Waals surface area contributed by atoms with Crippen molar-refractivity contribution in [2.45, 2.75) is 0 Å². The fraction of sp³-hybridized carbons (Fsp3) is 0.333. The normalized spacial score (nSPS) is 11.4. The molecule has 0 bridgehead atoms. The minimum absolute atomic E-state index is 0.396. The van der Waals surface area contributed by atoms with Crippen LogP contribution >= 0.6 is 0 Å². The molecule has 120 valence electrons. The number of sulfonamides is 1. The topological polar surface area (TPSA) is 69.6 Å². The first kappa shape index (κ1) is 16.4. The van der Waals surface area contributed by atoms with Gasteiger partial charge in [0.25, 0.3) is 0 Å². The summed E-state index contributed by atoms with van der Waals surface area (Å²) >= 11 is 0. The summed E-state index contributed by atoms with van der Waals surface area (Å²) in [6.07, 6.45) is 5.00. The lowest BCUT2D eigenvalue weighted by molar-refractivity contribution is 0.146. The zero-order valence-corrected chi connectivity index (χ0v) is 13.7. The molecule has 0 unspecified atom stereocenters. The van der Waals surface area contributed by atoms with Crippen LogP contribution < -0.4 is 9.46 Å². The lowest BCUT2D eigenvalue weighted by atomic mass is 10.1. The number of aryl methyl sites for hydroxylation is 1. The van der Waals surface area contributed by atoms with E-state index in [0.717, 1.165) is 17.4 Å². The molecule has 1 heterocycles. The smallest absolute Gasteiger partial charge is 0.229 e. The minimum atomic E-state index is -3.35. The van der Waals surface area contributed by atoms with Gasteiger partial charge in [-0.05, 0) is 29.3 Å². The zero-order chi connectivity index (χ0) is 16.2. The Balaban J connectivity index is 2.35. The molecule has 0 amide bonds. The number of benzene rings is 1. The number of hydrogen-bond donors (Lipinski definition) is 1. The first-order valence-corrected chi connectivity index (χ1v) is 8.63. The summed E-state index contributed by atoms with van der Waals surface area (Å²) in [6, 6.07) is 7.26. The first-order chi connectivity index (χ1) is 10.4. The van der Waals surface area contributed by atoms with Crippen LogP contribution in [0.2, 0.25) is 0 Å². The fourth-order valence-electron chi connectivity index (χ4n) is 2.04. The number of aromatic nitrogens is 1. The van der Waals surface area contributed by atoms with Gasteiger partial charge in [-0.25, -0.2) is 8.42 Å². The molecular weight excluding hydrogens is 304 g/mol. The summed E-state index contributed by atoms with van der Waals surface area (Å²) in [5.41, 5.74) is 2.33. The molecule has 0 saturated heterocycles. The number of methoxy groups -OCH3 is 1. The van der Waals surface area contributed by atoms with E-state index in [1.807, 2.05) is 36.1 Å². The van der Waals surface area contributed by atoms with E-state index in [1.54, 1.807) is 19.2 Å². The predicted molar refractivity (Wildman–Crippen MR) is 86.7 cm³/mol. The molecule has 2 aromatic rings. The first-order valence-electron chi connectivity index (χ1n) is 6.74. The van der Waals surface area contributed by atoms with Crippen LogP contribution in [0.15, 0.2) is 36.7 Å². The Morgan fingerprint density at radius 3 is 2.55 bits per heavy atom. The highest BCUT2D eigenvalue weighted by atomic mass is 32.2. The van der Waals surface area contributed by atoms with E-state index in [1.165, 1.54) is 0 Å². The Hall–Kier alpha value is -1.99. The van der Waals surface area contributed by atoms with Crippen LogP contribution in [0.25, 0.3) is 11.1 Å². The fourth-order valence-corrected chi connectivity index (χ4v) is 2.58. The summed E-state index contributed by atoms with van der Waals surface area (Å²) in [5.74, 6) is 0.588. The second-order valence-electron chi connectivity index (χ2n) is 5.03. The predicted octanol–water partition coefficient (Wildman–Crippen LogP) is 2.09. The van der Waals surface area contributed by atoms with E-state index in [4.69, 9.17) is 9.47 Å². The molecule has 1 N–H and O–H groups in total. The van der Waals surface area contributed by atoms with Gasteiger partial charge < -0.3 is 14.0 Å². The van der Waals surface area contributed by atoms with Crippen molar-refractivity contribution in [2.75, 3.05) is 31.3 Å². The molecule has 6 nitrogen and oxygen atoms in total. The van der Waals surface area contributed by atoms with Crippen LogP contribution in [-0.4, -0.2) is 39.6 Å². The lowest BCUT2D eigenvalue weighted by Crippen LogP contribution is -2.10. The molecule has 22 heavy (non-hydrogen) atoms. The molecule has 1 aromatic carbocycles. The molecule has 7 heteroatoms. The Morgan fingerprint density at radius 1 is 1.18 bits per heavy atom. The van der Waals surface area contributed by atoms with Gasteiger partial charge in [-0.1, -0.05) is 0 Å². The number of rotatable bonds is 7. The highest BCUT2D eigenvalue weighted by molar-refractivity contribution is 7.92. The standard InChI is InChI=1S/C15H20N2O4S/c1-17-5-4-12(11-17)13-8-14(16-22(3,18)19)10-15(9-13)21-7-6-20-2/h4-5,8-11,16H,6-7H2,1-3H3. The van der Waals surface area contributed by atoms with Crippen LogP contribution in [0.1, 0.15) is 0 Å². The summed E-state index contributed by atoms with van der Waals surface area (Å²) in [7, 11) is 0.178. The SMILES string of the molecule is COCCOc1cc(NS(C)(=O)=O)cc(-c2ccn(C)c2)c1. The Kier molecular flexibility index (Phi) is 5.10. The maximum absolute atomic E-state index is 11.4. The largest absolute Gasteiger partial charge is 0.491 e. The molecule has 0 spiro atoms. The van der Waals surface area contributed by atoms with Crippen molar-refractivity contribution in [2.24, 2.45) is 7.05 Å². The van der Waals surface area contributed by atoms with Gasteiger partial charge in [0.05, 0.1) is 18.6 Å². The molecular formula is C15H20N2O4S. The van der Waals surface area contributed by atoms with Crippen molar-refractivity contribution in [3.8, 4) is 16.9 Å². The molecule has 1 aromatic heterocycles. The molecule has 0 fully saturated rings. The zero-order valence-electron chi connectivity index (χ0n) is 12.9. The second kappa shape index (κ2) is 6.85. The number of nitrogens with one attached hydrogen (secondary N) is 1. The van der Waals surface area contributed by atoms with E-state index in [9.17, 15) is 8.42 Å². The third-order valence-corrected chi connectivity index (χ3v) is 3.54. The summed E-state index contributed by atoms with van der Waals surface area (Å²) in [4.78, 5) is 0. The van der Waals surface area contributed by atoms with Crippen molar-refractivity contribution in [3.05, 3.63) is 36.7 Å². The summed E-state index contributed by atoms with van der Waals surface area (Å²) in [5, 5.41) is 0. The van der Waals surface area contributed by atoms with Gasteiger partial charge in [-0.15, -0.1) is 0 Å². The van der Waals surface area contributed by atoms with Crippen molar-refractivity contribution in [3.63, 3.8) is 0 Å². The van der Waals surface area contributed by atoms with E-state index in [2.05, 4.69) is 4.72 Å². The van der Waals surface area contributed by atoms with Crippen molar-refractivity contribution in [1.82, 2.24) is 4.57 Å². The Morgan fingerprint density at radius 2 is 1.95 bits per heavy atom. The van der Waals surface area contributed by atoms with Crippen LogP contribution in [0.5, 0.6) is 5.75 Å². The third kappa shape index (κ3) is 4.78. The van der Waals surface area contributed by atoms with Gasteiger partial charge in [-0.3, -0.25) is 4.72 Å². The lowest BCUT2D eigenvalue weighted by Gasteiger charge is -2.11. The van der Waals surface area contributed by atoms with Crippen LogP contribution in [-0.2, 0) is 21.8 Å². The Labute approximate surface area is 130 Å². The second-order valence-corrected chi connectivity index (χ2v) is 6.78. The molecule has 0 aliphatic heterocycles. The van der Waals surface area contributed by atoms with Crippen LogP contribution in [0.4, 0.5) is 5.69 Å². The van der Waals surface area contributed by atoms with Gasteiger partial charge >= 0.3 is 0 Å². The van der Waals surface area contributed by atoms with Crippen LogP contribution in [0, 0.1) is 0 Å². The molecule has 0 aliphatic carbocycles. The number of hydrogen-bond acceptors (Lipinski definition) is 4. The van der Waals surface area contributed by atoms with E-state index in [0.29, 0.717) is 24.7 Å². The molecule has 0 saturated carbocycles. The van der Waals surface area contributed by atoms with Gasteiger partial charge in [0, 0.05) is 32.6 Å². The average molecular weight is 324 g/mol. The maximum Gasteiger partial charge on any atom is 0.229 e. The van der Waals surface area contributed by atoms with Crippen molar-refractivity contribution < 1.29 is 17.9 Å². The average Bonchev–Trinajstić information content (AvgIpc) is 2.83. The molecule has 0 atom stereocenters. The quantitative estimate of drug-likeness (QED) is 0.792. The molecule has 2 rings (SSSR count).